The molecule has 0 saturated heterocycles. The molecule has 1 aliphatic carbocycles. The van der Waals surface area contributed by atoms with E-state index in [1.54, 1.807) is 12.1 Å². The van der Waals surface area contributed by atoms with Crippen molar-refractivity contribution >= 4 is 5.91 Å². The molecule has 0 spiro atoms. The highest BCUT2D eigenvalue weighted by molar-refractivity contribution is 5.92. The molecule has 5 heteroatoms. The highest BCUT2D eigenvalue weighted by Crippen LogP contribution is 2.29. The van der Waals surface area contributed by atoms with Crippen LogP contribution in [-0.2, 0) is 12.8 Å². The van der Waals surface area contributed by atoms with Crippen molar-refractivity contribution in [1.29, 1.82) is 0 Å². The molecule has 0 aliphatic heterocycles. The monoisotopic (exact) mass is 387 g/mol. The predicted octanol–water partition coefficient (Wildman–Crippen LogP) is 3.83. The molecule has 3 aromatic rings. The quantitative estimate of drug-likeness (QED) is 0.646. The Kier molecular flexibility index (Phi) is 5.58. The van der Waals surface area contributed by atoms with Crippen LogP contribution in [0.2, 0.25) is 0 Å². The summed E-state index contributed by atoms with van der Waals surface area (Å²) in [5, 5.41) is 3.72. The van der Waals surface area contributed by atoms with Crippen molar-refractivity contribution in [3.63, 3.8) is 0 Å². The topological polar surface area (TPSA) is 77.2 Å². The zero-order chi connectivity index (χ0) is 20.2. The maximum Gasteiger partial charge on any atom is 0.250 e. The van der Waals surface area contributed by atoms with E-state index in [-0.39, 0.29) is 0 Å². The molecular formula is C24H25N3O2. The molecule has 0 saturated carbocycles. The van der Waals surface area contributed by atoms with Crippen molar-refractivity contribution in [1.82, 2.24) is 10.3 Å². The number of rotatable bonds is 7. The molecule has 1 aromatic heterocycles. The molecule has 29 heavy (non-hydrogen) atoms. The standard InChI is InChI=1S/C24H25N3O2/c1-16(17-5-3-2-4-6-17)14-26-21-11-18-7-9-22(13-20(18)12-21)29-23-10-8-19(15-27-23)24(25)28/h2-10,13,15-16,21,26H,11-12,14H2,1H3,(H2,25,28). The van der Waals surface area contributed by atoms with Gasteiger partial charge >= 0.3 is 0 Å². The number of nitrogens with two attached hydrogens (primary N) is 1. The molecule has 0 bridgehead atoms. The van der Waals surface area contributed by atoms with Gasteiger partial charge in [-0.25, -0.2) is 4.98 Å². The van der Waals surface area contributed by atoms with Crippen LogP contribution >= 0.6 is 0 Å². The SMILES string of the molecule is CC(CNC1Cc2ccc(Oc3ccc(C(N)=O)cn3)cc2C1)c1ccccc1. The van der Waals surface area contributed by atoms with Crippen molar-refractivity contribution in [3.8, 4) is 11.6 Å². The maximum absolute atomic E-state index is 11.1. The highest BCUT2D eigenvalue weighted by atomic mass is 16.5. The zero-order valence-corrected chi connectivity index (χ0v) is 16.5. The lowest BCUT2D eigenvalue weighted by Crippen LogP contribution is -2.32. The average Bonchev–Trinajstić information content (AvgIpc) is 3.15. The third-order valence-corrected chi connectivity index (χ3v) is 5.43. The fourth-order valence-electron chi connectivity index (χ4n) is 3.75. The minimum atomic E-state index is -0.498. The number of fused-ring (bicyclic) bond motifs is 1. The van der Waals surface area contributed by atoms with Gasteiger partial charge in [0.2, 0.25) is 11.8 Å². The number of pyridine rings is 1. The number of nitrogens with one attached hydrogen (secondary N) is 1. The van der Waals surface area contributed by atoms with E-state index in [2.05, 4.69) is 59.7 Å². The number of hydrogen-bond donors (Lipinski definition) is 2. The first-order valence-electron chi connectivity index (χ1n) is 9.92. The lowest BCUT2D eigenvalue weighted by molar-refractivity contribution is 0.1000. The smallest absolute Gasteiger partial charge is 0.250 e. The van der Waals surface area contributed by atoms with E-state index in [1.807, 2.05) is 6.07 Å². The summed E-state index contributed by atoms with van der Waals surface area (Å²) in [6.45, 7) is 3.22. The van der Waals surface area contributed by atoms with Gasteiger partial charge in [-0.3, -0.25) is 4.79 Å². The van der Waals surface area contributed by atoms with Crippen LogP contribution in [0.25, 0.3) is 0 Å². The second kappa shape index (κ2) is 8.45. The third-order valence-electron chi connectivity index (χ3n) is 5.43. The second-order valence-electron chi connectivity index (χ2n) is 7.61. The minimum absolute atomic E-state index is 0.366. The van der Waals surface area contributed by atoms with Crippen LogP contribution in [-0.4, -0.2) is 23.5 Å². The Bertz CT molecular complexity index is 987. The number of benzene rings is 2. The summed E-state index contributed by atoms with van der Waals surface area (Å²) >= 11 is 0. The van der Waals surface area contributed by atoms with Crippen molar-refractivity contribution < 1.29 is 9.53 Å². The molecular weight excluding hydrogens is 362 g/mol. The van der Waals surface area contributed by atoms with E-state index >= 15 is 0 Å². The van der Waals surface area contributed by atoms with Gasteiger partial charge in [0.1, 0.15) is 5.75 Å². The molecule has 0 fully saturated rings. The molecule has 1 heterocycles. The third kappa shape index (κ3) is 4.63. The Morgan fingerprint density at radius 2 is 1.93 bits per heavy atom. The van der Waals surface area contributed by atoms with Gasteiger partial charge in [-0.1, -0.05) is 43.3 Å². The van der Waals surface area contributed by atoms with Crippen molar-refractivity contribution in [2.24, 2.45) is 5.73 Å². The Hall–Kier alpha value is -3.18. The summed E-state index contributed by atoms with van der Waals surface area (Å²) in [7, 11) is 0. The van der Waals surface area contributed by atoms with Gasteiger partial charge in [0.15, 0.2) is 0 Å². The summed E-state index contributed by atoms with van der Waals surface area (Å²) in [6, 6.07) is 20.5. The Morgan fingerprint density at radius 1 is 1.14 bits per heavy atom. The Labute approximate surface area is 170 Å². The fourth-order valence-corrected chi connectivity index (χ4v) is 3.75. The summed E-state index contributed by atoms with van der Waals surface area (Å²) < 4.78 is 5.85. The van der Waals surface area contributed by atoms with E-state index in [9.17, 15) is 4.79 Å². The minimum Gasteiger partial charge on any atom is -0.439 e. The molecule has 0 radical (unpaired) electrons. The number of carbonyl (C=O) groups is 1. The molecule has 5 nitrogen and oxygen atoms in total. The van der Waals surface area contributed by atoms with Gasteiger partial charge in [0.05, 0.1) is 5.56 Å². The van der Waals surface area contributed by atoms with Crippen molar-refractivity contribution in [2.45, 2.75) is 31.7 Å². The molecule has 3 N–H and O–H groups in total. The van der Waals surface area contributed by atoms with Crippen LogP contribution in [0.4, 0.5) is 0 Å². The number of hydrogen-bond acceptors (Lipinski definition) is 4. The van der Waals surface area contributed by atoms with Crippen LogP contribution < -0.4 is 15.8 Å². The molecule has 2 aromatic carbocycles. The van der Waals surface area contributed by atoms with Crippen LogP contribution in [0.5, 0.6) is 11.6 Å². The van der Waals surface area contributed by atoms with Crippen LogP contribution in [0, 0.1) is 0 Å². The van der Waals surface area contributed by atoms with Crippen LogP contribution in [0.1, 0.15) is 39.9 Å². The number of nitrogens with zero attached hydrogens (tertiary/aromatic N) is 1. The predicted molar refractivity (Wildman–Crippen MR) is 113 cm³/mol. The maximum atomic E-state index is 11.1. The van der Waals surface area contributed by atoms with E-state index in [1.165, 1.54) is 22.9 Å². The Morgan fingerprint density at radius 3 is 2.66 bits per heavy atom. The molecule has 4 rings (SSSR count). The summed E-state index contributed by atoms with van der Waals surface area (Å²) in [5.74, 6) is 1.18. The van der Waals surface area contributed by atoms with Crippen LogP contribution in [0.3, 0.4) is 0 Å². The number of aromatic nitrogens is 1. The lowest BCUT2D eigenvalue weighted by atomic mass is 10.0. The van der Waals surface area contributed by atoms with Gasteiger partial charge in [-0.15, -0.1) is 0 Å². The average molecular weight is 387 g/mol. The van der Waals surface area contributed by atoms with Gasteiger partial charge in [0, 0.05) is 24.8 Å². The van der Waals surface area contributed by atoms with E-state index in [0.717, 1.165) is 25.1 Å². The van der Waals surface area contributed by atoms with Gasteiger partial charge < -0.3 is 15.8 Å². The molecule has 2 unspecified atom stereocenters. The first-order valence-corrected chi connectivity index (χ1v) is 9.92. The summed E-state index contributed by atoms with van der Waals surface area (Å²) in [4.78, 5) is 15.3. The number of primary amides is 1. The summed E-state index contributed by atoms with van der Waals surface area (Å²) in [6.07, 6.45) is 3.45. The second-order valence-corrected chi connectivity index (χ2v) is 7.61. The Balaban J connectivity index is 1.35. The van der Waals surface area contributed by atoms with Crippen molar-refractivity contribution in [2.75, 3.05) is 6.54 Å². The molecule has 1 amide bonds. The van der Waals surface area contributed by atoms with Gasteiger partial charge in [0.25, 0.3) is 0 Å². The first-order chi connectivity index (χ1) is 14.1. The summed E-state index contributed by atoms with van der Waals surface area (Å²) in [5.41, 5.74) is 9.64. The van der Waals surface area contributed by atoms with Gasteiger partial charge in [-0.2, -0.15) is 0 Å². The highest BCUT2D eigenvalue weighted by Gasteiger charge is 2.22. The van der Waals surface area contributed by atoms with Crippen LogP contribution in [0.15, 0.2) is 66.9 Å². The normalized spacial score (nSPS) is 16.2. The molecule has 1 aliphatic rings. The van der Waals surface area contributed by atoms with E-state index in [0.29, 0.717) is 23.4 Å². The van der Waals surface area contributed by atoms with Gasteiger partial charge in [-0.05, 0) is 53.6 Å². The number of carbonyl (C=O) groups excluding carboxylic acids is 1. The number of amides is 1. The zero-order valence-electron chi connectivity index (χ0n) is 16.5. The number of ether oxygens (including phenoxy) is 1. The lowest BCUT2D eigenvalue weighted by Gasteiger charge is -2.17. The largest absolute Gasteiger partial charge is 0.439 e. The molecule has 2 atom stereocenters. The van der Waals surface area contributed by atoms with E-state index < -0.39 is 5.91 Å². The van der Waals surface area contributed by atoms with Crippen molar-refractivity contribution in [3.05, 3.63) is 89.1 Å². The molecule has 148 valence electrons. The van der Waals surface area contributed by atoms with E-state index in [4.69, 9.17) is 10.5 Å². The first kappa shape index (κ1) is 19.2. The fraction of sp³-hybridized carbons (Fsp3) is 0.250.